The molecule has 0 aliphatic carbocycles. The van der Waals surface area contributed by atoms with Crippen molar-refractivity contribution in [2.24, 2.45) is 0 Å². The Labute approximate surface area is 85.3 Å². The van der Waals surface area contributed by atoms with Crippen LogP contribution in [0.5, 0.6) is 0 Å². The number of halogens is 1. The molecule has 4 nitrogen and oxygen atoms in total. The Morgan fingerprint density at radius 1 is 1.54 bits per heavy atom. The monoisotopic (exact) mass is 246 g/mol. The van der Waals surface area contributed by atoms with E-state index < -0.39 is 4.92 Å². The summed E-state index contributed by atoms with van der Waals surface area (Å²) in [6, 6.07) is 1.43. The van der Waals surface area contributed by atoms with E-state index in [-0.39, 0.29) is 5.69 Å². The van der Waals surface area contributed by atoms with Crippen LogP contribution in [0, 0.1) is 17.0 Å². The van der Waals surface area contributed by atoms with Crippen LogP contribution in [0.2, 0.25) is 0 Å². The molecule has 1 rings (SSSR count). The van der Waals surface area contributed by atoms with E-state index in [1.165, 1.54) is 12.3 Å². The van der Waals surface area contributed by atoms with E-state index in [0.717, 1.165) is 0 Å². The summed E-state index contributed by atoms with van der Waals surface area (Å²) in [4.78, 5) is 13.7. The highest BCUT2D eigenvalue weighted by molar-refractivity contribution is 9.10. The van der Waals surface area contributed by atoms with E-state index in [0.29, 0.717) is 10.2 Å². The lowest BCUT2D eigenvalue weighted by Crippen LogP contribution is -1.93. The van der Waals surface area contributed by atoms with Crippen LogP contribution < -0.4 is 0 Å². The topological polar surface area (TPSA) is 56.0 Å². The maximum absolute atomic E-state index is 10.3. The van der Waals surface area contributed by atoms with Gasteiger partial charge in [-0.1, -0.05) is 13.8 Å². The first-order valence-electron chi connectivity index (χ1n) is 3.88. The minimum atomic E-state index is -0.451. The molecule has 0 unspecified atom stereocenters. The fourth-order valence-electron chi connectivity index (χ4n) is 0.682. The van der Waals surface area contributed by atoms with Gasteiger partial charge >= 0.3 is 0 Å². The van der Waals surface area contributed by atoms with Crippen LogP contribution in [-0.4, -0.2) is 9.91 Å². The van der Waals surface area contributed by atoms with Crippen molar-refractivity contribution in [1.82, 2.24) is 4.98 Å². The first-order chi connectivity index (χ1) is 6.11. The molecule has 0 fully saturated rings. The number of nitrogens with zero attached hydrogens (tertiary/aromatic N) is 2. The zero-order valence-electron chi connectivity index (χ0n) is 7.74. The third kappa shape index (κ3) is 3.50. The van der Waals surface area contributed by atoms with Crippen LogP contribution in [-0.2, 0) is 0 Å². The highest BCUT2D eigenvalue weighted by Gasteiger charge is 2.10. The van der Waals surface area contributed by atoms with Gasteiger partial charge in [0.2, 0.25) is 0 Å². The molecule has 5 heteroatoms. The van der Waals surface area contributed by atoms with Crippen LogP contribution in [0.25, 0.3) is 0 Å². The summed E-state index contributed by atoms with van der Waals surface area (Å²) in [5.41, 5.74) is 0.470. The van der Waals surface area contributed by atoms with E-state index in [1.807, 2.05) is 13.8 Å². The Bertz CT molecular complexity index is 302. The fraction of sp³-hybridized carbons (Fsp3) is 0.375. The number of nitro groups is 1. The Morgan fingerprint density at radius 2 is 2.08 bits per heavy atom. The summed E-state index contributed by atoms with van der Waals surface area (Å²) in [5, 5.41) is 10.3. The van der Waals surface area contributed by atoms with Gasteiger partial charge in [-0.05, 0) is 22.9 Å². The van der Waals surface area contributed by atoms with Crippen LogP contribution >= 0.6 is 15.9 Å². The smallest absolute Gasteiger partial charge is 0.258 e. The van der Waals surface area contributed by atoms with Crippen LogP contribution in [0.4, 0.5) is 5.69 Å². The van der Waals surface area contributed by atoms with Crippen molar-refractivity contribution >= 4 is 21.6 Å². The maximum atomic E-state index is 10.3. The van der Waals surface area contributed by atoms with Gasteiger partial charge in [-0.15, -0.1) is 0 Å². The standard InChI is InChI=1S/C6H5BrN2O2.C2H6/c1-4-6(9(10)11)2-5(7)3-8-4;1-2/h2-3H,1H3;1-2H3. The first-order valence-corrected chi connectivity index (χ1v) is 4.67. The van der Waals surface area contributed by atoms with E-state index in [1.54, 1.807) is 6.92 Å². The van der Waals surface area contributed by atoms with Crippen LogP contribution in [0.15, 0.2) is 16.7 Å². The maximum Gasteiger partial charge on any atom is 0.291 e. The van der Waals surface area contributed by atoms with E-state index in [4.69, 9.17) is 0 Å². The quantitative estimate of drug-likeness (QED) is 0.566. The molecule has 0 amide bonds. The molecule has 1 heterocycles. The number of aromatic nitrogens is 1. The Hall–Kier alpha value is -0.970. The highest BCUT2D eigenvalue weighted by Crippen LogP contribution is 2.19. The summed E-state index contributed by atoms with van der Waals surface area (Å²) < 4.78 is 0.620. The first kappa shape index (κ1) is 12.0. The molecule has 1 aromatic heterocycles. The van der Waals surface area contributed by atoms with Crippen molar-refractivity contribution in [2.75, 3.05) is 0 Å². The van der Waals surface area contributed by atoms with Crippen molar-refractivity contribution in [3.8, 4) is 0 Å². The molecular weight excluding hydrogens is 236 g/mol. The second-order valence-electron chi connectivity index (χ2n) is 2.02. The molecule has 0 spiro atoms. The van der Waals surface area contributed by atoms with Crippen molar-refractivity contribution in [3.05, 3.63) is 32.5 Å². The third-order valence-corrected chi connectivity index (χ3v) is 1.66. The number of aryl methyl sites for hydroxylation is 1. The minimum absolute atomic E-state index is 0.0411. The molecule has 0 radical (unpaired) electrons. The molecule has 0 aliphatic heterocycles. The SMILES string of the molecule is CC.Cc1ncc(Br)cc1[N+](=O)[O-]. The fourth-order valence-corrected chi connectivity index (χ4v) is 1.00. The molecule has 0 saturated carbocycles. The second-order valence-corrected chi connectivity index (χ2v) is 2.93. The minimum Gasteiger partial charge on any atom is -0.258 e. The number of rotatable bonds is 1. The summed E-state index contributed by atoms with van der Waals surface area (Å²) in [6.45, 7) is 5.60. The van der Waals surface area contributed by atoms with Crippen molar-refractivity contribution < 1.29 is 4.92 Å². The predicted octanol–water partition coefficient (Wildman–Crippen LogP) is 3.09. The Morgan fingerprint density at radius 3 is 2.46 bits per heavy atom. The highest BCUT2D eigenvalue weighted by atomic mass is 79.9. The molecule has 13 heavy (non-hydrogen) atoms. The van der Waals surface area contributed by atoms with Gasteiger partial charge < -0.3 is 0 Å². The lowest BCUT2D eigenvalue weighted by molar-refractivity contribution is -0.385. The molecule has 0 aromatic carbocycles. The normalized spacial score (nSPS) is 8.62. The molecule has 0 atom stereocenters. The zero-order chi connectivity index (χ0) is 10.4. The van der Waals surface area contributed by atoms with Gasteiger partial charge in [-0.25, -0.2) is 0 Å². The molecule has 0 N–H and O–H groups in total. The van der Waals surface area contributed by atoms with Gasteiger partial charge in [0.25, 0.3) is 5.69 Å². The summed E-state index contributed by atoms with van der Waals surface area (Å²) in [6.07, 6.45) is 1.53. The molecular formula is C8H11BrN2O2. The Balaban J connectivity index is 0.000000671. The number of hydrogen-bond donors (Lipinski definition) is 0. The predicted molar refractivity (Wildman–Crippen MR) is 54.7 cm³/mol. The lowest BCUT2D eigenvalue weighted by atomic mass is 10.3. The summed E-state index contributed by atoms with van der Waals surface area (Å²) >= 11 is 3.10. The second kappa shape index (κ2) is 5.64. The average Bonchev–Trinajstić information content (AvgIpc) is 2.12. The molecule has 1 aromatic rings. The molecule has 0 aliphatic rings. The van der Waals surface area contributed by atoms with Crippen molar-refractivity contribution in [3.63, 3.8) is 0 Å². The van der Waals surface area contributed by atoms with Crippen LogP contribution in [0.1, 0.15) is 19.5 Å². The largest absolute Gasteiger partial charge is 0.291 e. The zero-order valence-corrected chi connectivity index (χ0v) is 9.33. The van der Waals surface area contributed by atoms with Gasteiger partial charge in [-0.3, -0.25) is 15.1 Å². The average molecular weight is 247 g/mol. The molecule has 72 valence electrons. The van der Waals surface area contributed by atoms with Gasteiger partial charge in [-0.2, -0.15) is 0 Å². The van der Waals surface area contributed by atoms with Gasteiger partial charge in [0, 0.05) is 16.7 Å². The number of pyridine rings is 1. The molecule has 0 saturated heterocycles. The van der Waals surface area contributed by atoms with Gasteiger partial charge in [0.15, 0.2) is 0 Å². The van der Waals surface area contributed by atoms with Gasteiger partial charge in [0.1, 0.15) is 5.69 Å². The van der Waals surface area contributed by atoms with E-state index >= 15 is 0 Å². The summed E-state index contributed by atoms with van der Waals surface area (Å²) in [5.74, 6) is 0. The third-order valence-electron chi connectivity index (χ3n) is 1.22. The lowest BCUT2D eigenvalue weighted by Gasteiger charge is -1.94. The van der Waals surface area contributed by atoms with Crippen molar-refractivity contribution in [1.29, 1.82) is 0 Å². The molecule has 0 bridgehead atoms. The number of hydrogen-bond acceptors (Lipinski definition) is 3. The summed E-state index contributed by atoms with van der Waals surface area (Å²) in [7, 11) is 0. The van der Waals surface area contributed by atoms with Crippen LogP contribution in [0.3, 0.4) is 0 Å². The van der Waals surface area contributed by atoms with Crippen molar-refractivity contribution in [2.45, 2.75) is 20.8 Å². The van der Waals surface area contributed by atoms with E-state index in [2.05, 4.69) is 20.9 Å². The van der Waals surface area contributed by atoms with Gasteiger partial charge in [0.05, 0.1) is 4.92 Å². The Kier molecular flexibility index (Phi) is 5.22. The van der Waals surface area contributed by atoms with E-state index in [9.17, 15) is 10.1 Å².